The molecule has 1 aliphatic rings. The highest BCUT2D eigenvalue weighted by atomic mass is 35.5. The highest BCUT2D eigenvalue weighted by molar-refractivity contribution is 7.97. The minimum absolute atomic E-state index is 0.0468. The van der Waals surface area contributed by atoms with Gasteiger partial charge in [0, 0.05) is 28.1 Å². The van der Waals surface area contributed by atoms with Crippen LogP contribution in [0.3, 0.4) is 0 Å². The SMILES string of the molecule is Nc1ccc(S(N)(=O)=O)c(-c2cc3c(cc2Cl)NC(Cc2ccc(F)cc2)NS3)c1. The summed E-state index contributed by atoms with van der Waals surface area (Å²) in [6, 6.07) is 14.3. The standard InChI is InChI=1S/C20H18ClFN4O2S2/c21-16-10-17-18(29-26-20(25-17)7-11-1-3-12(22)4-2-11)9-14(16)15-8-13(23)5-6-19(15)30(24,27)28/h1-6,8-10,20,25-26H,7,23H2,(H2,24,27,28). The van der Waals surface area contributed by atoms with Gasteiger partial charge >= 0.3 is 0 Å². The van der Waals surface area contributed by atoms with Crippen LogP contribution in [-0.2, 0) is 16.4 Å². The van der Waals surface area contributed by atoms with Gasteiger partial charge in [-0.2, -0.15) is 0 Å². The molecule has 1 aliphatic heterocycles. The zero-order chi connectivity index (χ0) is 21.5. The van der Waals surface area contributed by atoms with Crippen LogP contribution in [0.15, 0.2) is 64.4 Å². The Kier molecular flexibility index (Phi) is 5.65. The van der Waals surface area contributed by atoms with Crippen molar-refractivity contribution >= 4 is 44.9 Å². The van der Waals surface area contributed by atoms with Crippen LogP contribution in [0, 0.1) is 5.82 Å². The maximum Gasteiger partial charge on any atom is 0.238 e. The Bertz CT molecular complexity index is 1220. The van der Waals surface area contributed by atoms with Crippen molar-refractivity contribution in [3.63, 3.8) is 0 Å². The van der Waals surface area contributed by atoms with E-state index in [0.717, 1.165) is 16.1 Å². The molecule has 4 rings (SSSR count). The molecule has 0 saturated heterocycles. The minimum Gasteiger partial charge on any atom is -0.399 e. The molecule has 1 heterocycles. The molecule has 10 heteroatoms. The Hall–Kier alpha value is -2.30. The average Bonchev–Trinajstić information content (AvgIpc) is 2.68. The number of hydrogen-bond acceptors (Lipinski definition) is 6. The summed E-state index contributed by atoms with van der Waals surface area (Å²) < 4.78 is 40.4. The van der Waals surface area contributed by atoms with Crippen molar-refractivity contribution in [1.29, 1.82) is 0 Å². The highest BCUT2D eigenvalue weighted by Gasteiger charge is 2.23. The third kappa shape index (κ3) is 4.40. The first-order valence-corrected chi connectivity index (χ1v) is 11.6. The number of nitrogen functional groups attached to an aromatic ring is 1. The molecule has 3 aromatic carbocycles. The van der Waals surface area contributed by atoms with Gasteiger partial charge in [0.05, 0.1) is 21.8 Å². The van der Waals surface area contributed by atoms with Crippen molar-refractivity contribution in [3.05, 3.63) is 71.0 Å². The average molecular weight is 465 g/mol. The van der Waals surface area contributed by atoms with Gasteiger partial charge in [0.15, 0.2) is 0 Å². The number of rotatable bonds is 4. The molecule has 6 N–H and O–H groups in total. The topological polar surface area (TPSA) is 110 Å². The van der Waals surface area contributed by atoms with Gasteiger partial charge in [-0.25, -0.2) is 22.7 Å². The van der Waals surface area contributed by atoms with Crippen LogP contribution in [0.1, 0.15) is 5.56 Å². The van der Waals surface area contributed by atoms with E-state index >= 15 is 0 Å². The molecular formula is C20H18ClFN4O2S2. The van der Waals surface area contributed by atoms with E-state index in [-0.39, 0.29) is 16.9 Å². The summed E-state index contributed by atoms with van der Waals surface area (Å²) in [4.78, 5) is 0.794. The zero-order valence-electron chi connectivity index (χ0n) is 15.5. The lowest BCUT2D eigenvalue weighted by atomic mass is 10.0. The predicted octanol–water partition coefficient (Wildman–Crippen LogP) is 3.97. The summed E-state index contributed by atoms with van der Waals surface area (Å²) in [5.74, 6) is -0.275. The van der Waals surface area contributed by atoms with E-state index in [4.69, 9.17) is 22.5 Å². The molecule has 0 amide bonds. The second-order valence-corrected chi connectivity index (χ2v) is 9.69. The van der Waals surface area contributed by atoms with Gasteiger partial charge < -0.3 is 11.1 Å². The van der Waals surface area contributed by atoms with Crippen LogP contribution in [-0.4, -0.2) is 14.6 Å². The van der Waals surface area contributed by atoms with Crippen LogP contribution < -0.4 is 20.9 Å². The maximum atomic E-state index is 13.1. The van der Waals surface area contributed by atoms with E-state index < -0.39 is 10.0 Å². The molecular weight excluding hydrogens is 447 g/mol. The molecule has 3 aromatic rings. The number of sulfonamides is 1. The number of primary sulfonamides is 1. The fourth-order valence-electron chi connectivity index (χ4n) is 3.26. The van der Waals surface area contributed by atoms with Crippen molar-refractivity contribution in [1.82, 2.24) is 4.72 Å². The van der Waals surface area contributed by atoms with Gasteiger partial charge in [-0.05, 0) is 60.0 Å². The second-order valence-electron chi connectivity index (χ2n) is 6.88. The normalized spacial score (nSPS) is 16.0. The summed E-state index contributed by atoms with van der Waals surface area (Å²) in [5, 5.41) is 9.09. The number of anilines is 2. The van der Waals surface area contributed by atoms with Crippen molar-refractivity contribution in [2.24, 2.45) is 5.14 Å². The van der Waals surface area contributed by atoms with E-state index in [9.17, 15) is 12.8 Å². The van der Waals surface area contributed by atoms with E-state index in [1.54, 1.807) is 30.3 Å². The van der Waals surface area contributed by atoms with Crippen LogP contribution in [0.5, 0.6) is 0 Å². The van der Waals surface area contributed by atoms with Gasteiger partial charge in [0.25, 0.3) is 0 Å². The fourth-order valence-corrected chi connectivity index (χ4v) is 5.08. The molecule has 0 radical (unpaired) electrons. The number of nitrogens with one attached hydrogen (secondary N) is 2. The van der Waals surface area contributed by atoms with E-state index in [2.05, 4.69) is 10.0 Å². The molecule has 6 nitrogen and oxygen atoms in total. The summed E-state index contributed by atoms with van der Waals surface area (Å²) in [6.45, 7) is 0. The second kappa shape index (κ2) is 8.09. The molecule has 0 aliphatic carbocycles. The van der Waals surface area contributed by atoms with E-state index in [1.165, 1.54) is 36.2 Å². The van der Waals surface area contributed by atoms with Crippen molar-refractivity contribution in [2.75, 3.05) is 11.1 Å². The highest BCUT2D eigenvalue weighted by Crippen LogP contribution is 2.41. The number of fused-ring (bicyclic) bond motifs is 1. The minimum atomic E-state index is -3.96. The van der Waals surface area contributed by atoms with Crippen LogP contribution in [0.25, 0.3) is 11.1 Å². The first kappa shape index (κ1) is 21.0. The lowest BCUT2D eigenvalue weighted by Gasteiger charge is -2.28. The predicted molar refractivity (Wildman–Crippen MR) is 119 cm³/mol. The Morgan fingerprint density at radius 1 is 1.07 bits per heavy atom. The van der Waals surface area contributed by atoms with Crippen LogP contribution >= 0.6 is 23.5 Å². The first-order valence-electron chi connectivity index (χ1n) is 8.90. The Balaban J connectivity index is 1.66. The zero-order valence-corrected chi connectivity index (χ0v) is 17.9. The monoisotopic (exact) mass is 464 g/mol. The molecule has 0 spiro atoms. The summed E-state index contributed by atoms with van der Waals surface area (Å²) in [7, 11) is -3.96. The van der Waals surface area contributed by atoms with Gasteiger partial charge in [-0.3, -0.25) is 0 Å². The van der Waals surface area contributed by atoms with Gasteiger partial charge in [0.2, 0.25) is 10.0 Å². The third-order valence-electron chi connectivity index (χ3n) is 4.66. The molecule has 30 heavy (non-hydrogen) atoms. The van der Waals surface area contributed by atoms with Crippen molar-refractivity contribution in [2.45, 2.75) is 22.4 Å². The maximum absolute atomic E-state index is 13.1. The van der Waals surface area contributed by atoms with Crippen LogP contribution in [0.4, 0.5) is 15.8 Å². The number of nitrogens with two attached hydrogens (primary N) is 2. The number of halogens is 2. The molecule has 0 fully saturated rings. The van der Waals surface area contributed by atoms with Crippen LogP contribution in [0.2, 0.25) is 5.02 Å². The largest absolute Gasteiger partial charge is 0.399 e. The molecule has 1 atom stereocenters. The first-order chi connectivity index (χ1) is 14.2. The molecule has 1 unspecified atom stereocenters. The van der Waals surface area contributed by atoms with Gasteiger partial charge in [0.1, 0.15) is 5.82 Å². The third-order valence-corrected chi connectivity index (χ3v) is 6.91. The lowest BCUT2D eigenvalue weighted by Crippen LogP contribution is -2.36. The fraction of sp³-hybridized carbons (Fsp3) is 0.100. The smallest absolute Gasteiger partial charge is 0.238 e. The Labute approximate surface area is 183 Å². The Morgan fingerprint density at radius 2 is 1.80 bits per heavy atom. The quantitative estimate of drug-likeness (QED) is 0.343. The summed E-state index contributed by atoms with van der Waals surface area (Å²) in [5.41, 5.74) is 8.91. The summed E-state index contributed by atoms with van der Waals surface area (Å²) in [6.07, 6.45) is 0.541. The summed E-state index contributed by atoms with van der Waals surface area (Å²) >= 11 is 7.90. The van der Waals surface area contributed by atoms with E-state index in [1.807, 2.05) is 0 Å². The lowest BCUT2D eigenvalue weighted by molar-refractivity contribution is 0.598. The van der Waals surface area contributed by atoms with Crippen molar-refractivity contribution < 1.29 is 12.8 Å². The number of benzene rings is 3. The molecule has 156 valence electrons. The Morgan fingerprint density at radius 3 is 2.50 bits per heavy atom. The van der Waals surface area contributed by atoms with Gasteiger partial charge in [-0.15, -0.1) is 0 Å². The molecule has 0 aromatic heterocycles. The number of hydrogen-bond donors (Lipinski definition) is 4. The molecule has 0 saturated carbocycles. The van der Waals surface area contributed by atoms with Gasteiger partial charge in [-0.1, -0.05) is 23.7 Å². The van der Waals surface area contributed by atoms with Crippen molar-refractivity contribution in [3.8, 4) is 11.1 Å². The molecule has 0 bridgehead atoms. The van der Waals surface area contributed by atoms with E-state index in [0.29, 0.717) is 28.3 Å².